The van der Waals surface area contributed by atoms with Crippen LogP contribution in [0.3, 0.4) is 0 Å². The van der Waals surface area contributed by atoms with Crippen LogP contribution < -0.4 is 16.0 Å². The number of nitrogens with one attached hydrogen (secondary N) is 3. The molecule has 3 aromatic carbocycles. The third-order valence-corrected chi connectivity index (χ3v) is 4.71. The van der Waals surface area contributed by atoms with Gasteiger partial charge in [-0.25, -0.2) is 0 Å². The number of amides is 2. The second-order valence-corrected chi connectivity index (χ2v) is 7.45. The number of hydrogen-bond donors (Lipinski definition) is 3. The second-order valence-electron chi connectivity index (χ2n) is 7.04. The molecule has 0 aliphatic rings. The van der Waals surface area contributed by atoms with Gasteiger partial charge in [0.1, 0.15) is 0 Å². The predicted molar refractivity (Wildman–Crippen MR) is 130 cm³/mol. The molecule has 3 aromatic rings. The fraction of sp³-hybridized carbons (Fsp3) is 0.0800. The smallest absolute Gasteiger partial charge is 0.255 e. The lowest BCUT2D eigenvalue weighted by Crippen LogP contribution is -2.32. The van der Waals surface area contributed by atoms with Gasteiger partial charge in [-0.3, -0.25) is 14.9 Å². The lowest BCUT2D eigenvalue weighted by Gasteiger charge is -2.12. The van der Waals surface area contributed by atoms with Crippen molar-refractivity contribution < 1.29 is 9.59 Å². The zero-order chi connectivity index (χ0) is 22.2. The zero-order valence-electron chi connectivity index (χ0n) is 17.3. The van der Waals surface area contributed by atoms with E-state index in [1.54, 1.807) is 30.3 Å². The molecule has 0 atom stereocenters. The zero-order valence-corrected chi connectivity index (χ0v) is 18.1. The molecule has 0 aliphatic heterocycles. The van der Waals surface area contributed by atoms with Gasteiger partial charge in [0.15, 0.2) is 5.11 Å². The van der Waals surface area contributed by atoms with E-state index in [1.165, 1.54) is 6.08 Å². The normalized spacial score (nSPS) is 10.5. The van der Waals surface area contributed by atoms with Gasteiger partial charge < -0.3 is 10.6 Å². The minimum Gasteiger partial charge on any atom is -0.332 e. The highest BCUT2D eigenvalue weighted by Crippen LogP contribution is 2.20. The summed E-state index contributed by atoms with van der Waals surface area (Å²) in [4.78, 5) is 24.4. The Hall–Kier alpha value is -3.77. The Kier molecular flexibility index (Phi) is 7.30. The van der Waals surface area contributed by atoms with E-state index in [4.69, 9.17) is 12.2 Å². The molecule has 0 unspecified atom stereocenters. The average Bonchev–Trinajstić information content (AvgIpc) is 2.75. The maximum atomic E-state index is 12.3. The summed E-state index contributed by atoms with van der Waals surface area (Å²) in [5.41, 5.74) is 4.96. The summed E-state index contributed by atoms with van der Waals surface area (Å²) in [6.07, 6.45) is 3.16. The van der Waals surface area contributed by atoms with Gasteiger partial charge >= 0.3 is 0 Å². The Balaban J connectivity index is 1.55. The fourth-order valence-electron chi connectivity index (χ4n) is 2.83. The highest BCUT2D eigenvalue weighted by Gasteiger charge is 2.08. The number of carbonyl (C=O) groups excluding carboxylic acids is 2. The van der Waals surface area contributed by atoms with Crippen LogP contribution in [0.1, 0.15) is 27.0 Å². The summed E-state index contributed by atoms with van der Waals surface area (Å²) in [6.45, 7) is 3.90. The first kappa shape index (κ1) is 21.9. The van der Waals surface area contributed by atoms with Crippen LogP contribution in [0.2, 0.25) is 0 Å². The van der Waals surface area contributed by atoms with E-state index in [-0.39, 0.29) is 16.9 Å². The van der Waals surface area contributed by atoms with Crippen molar-refractivity contribution in [1.82, 2.24) is 5.32 Å². The van der Waals surface area contributed by atoms with Crippen LogP contribution in [0.5, 0.6) is 0 Å². The standard InChI is InChI=1S/C25H23N3O2S/c1-17-8-10-19(11-9-17)12-15-23(29)28-25(31)26-21-13-14-22(18(2)16-21)27-24(30)20-6-4-3-5-7-20/h3-16H,1-2H3,(H,27,30)(H2,26,28,29,31)/b15-12+. The Morgan fingerprint density at radius 2 is 1.58 bits per heavy atom. The average molecular weight is 430 g/mol. The number of hydrogen-bond acceptors (Lipinski definition) is 3. The van der Waals surface area contributed by atoms with Crippen molar-refractivity contribution >= 4 is 46.6 Å². The fourth-order valence-corrected chi connectivity index (χ4v) is 3.05. The molecule has 0 saturated heterocycles. The minimum absolute atomic E-state index is 0.174. The second kappa shape index (κ2) is 10.3. The molecule has 31 heavy (non-hydrogen) atoms. The van der Waals surface area contributed by atoms with Crippen molar-refractivity contribution in [3.8, 4) is 0 Å². The van der Waals surface area contributed by atoms with E-state index in [1.807, 2.05) is 62.4 Å². The molecular weight excluding hydrogens is 406 g/mol. The number of thiocarbonyl (C=S) groups is 1. The molecular formula is C25H23N3O2S. The highest BCUT2D eigenvalue weighted by atomic mass is 32.1. The summed E-state index contributed by atoms with van der Waals surface area (Å²) in [5, 5.41) is 8.70. The monoisotopic (exact) mass is 429 g/mol. The lowest BCUT2D eigenvalue weighted by atomic mass is 10.1. The first-order chi connectivity index (χ1) is 14.9. The summed E-state index contributed by atoms with van der Waals surface area (Å²) in [5.74, 6) is -0.492. The van der Waals surface area contributed by atoms with Crippen LogP contribution in [0.4, 0.5) is 11.4 Å². The van der Waals surface area contributed by atoms with Crippen molar-refractivity contribution in [3.05, 3.63) is 101 Å². The largest absolute Gasteiger partial charge is 0.332 e. The van der Waals surface area contributed by atoms with E-state index in [9.17, 15) is 9.59 Å². The third-order valence-electron chi connectivity index (χ3n) is 4.51. The first-order valence-corrected chi connectivity index (χ1v) is 10.2. The molecule has 0 aliphatic carbocycles. The molecule has 0 spiro atoms. The van der Waals surface area contributed by atoms with Crippen LogP contribution in [0, 0.1) is 13.8 Å². The number of anilines is 2. The molecule has 0 fully saturated rings. The van der Waals surface area contributed by atoms with Gasteiger partial charge in [-0.05, 0) is 73.6 Å². The molecule has 0 aromatic heterocycles. The van der Waals surface area contributed by atoms with E-state index < -0.39 is 0 Å². The summed E-state index contributed by atoms with van der Waals surface area (Å²) >= 11 is 5.22. The summed E-state index contributed by atoms with van der Waals surface area (Å²) in [7, 11) is 0. The molecule has 0 bridgehead atoms. The summed E-state index contributed by atoms with van der Waals surface area (Å²) < 4.78 is 0. The Morgan fingerprint density at radius 3 is 2.26 bits per heavy atom. The van der Waals surface area contributed by atoms with Crippen LogP contribution in [0.15, 0.2) is 78.9 Å². The molecule has 5 nitrogen and oxygen atoms in total. The van der Waals surface area contributed by atoms with Crippen LogP contribution in [-0.2, 0) is 4.79 Å². The third kappa shape index (κ3) is 6.62. The lowest BCUT2D eigenvalue weighted by molar-refractivity contribution is -0.115. The predicted octanol–water partition coefficient (Wildman–Crippen LogP) is 5.08. The van der Waals surface area contributed by atoms with Crippen LogP contribution in [0.25, 0.3) is 6.08 Å². The van der Waals surface area contributed by atoms with Gasteiger partial charge in [0.25, 0.3) is 5.91 Å². The van der Waals surface area contributed by atoms with Gasteiger partial charge in [0, 0.05) is 23.0 Å². The van der Waals surface area contributed by atoms with Gasteiger partial charge in [-0.2, -0.15) is 0 Å². The van der Waals surface area contributed by atoms with Crippen molar-refractivity contribution in [2.45, 2.75) is 13.8 Å². The van der Waals surface area contributed by atoms with E-state index in [0.717, 1.165) is 16.7 Å². The van der Waals surface area contributed by atoms with E-state index >= 15 is 0 Å². The molecule has 6 heteroatoms. The Labute approximate surface area is 187 Å². The Bertz CT molecular complexity index is 1120. The van der Waals surface area contributed by atoms with Gasteiger partial charge in [-0.1, -0.05) is 48.0 Å². The minimum atomic E-state index is -0.318. The number of rotatable bonds is 5. The first-order valence-electron chi connectivity index (χ1n) is 9.74. The summed E-state index contributed by atoms with van der Waals surface area (Å²) in [6, 6.07) is 22.3. The molecule has 2 amide bonds. The Morgan fingerprint density at radius 1 is 0.871 bits per heavy atom. The molecule has 0 saturated carbocycles. The highest BCUT2D eigenvalue weighted by molar-refractivity contribution is 7.80. The van der Waals surface area contributed by atoms with Gasteiger partial charge in [0.2, 0.25) is 5.91 Å². The van der Waals surface area contributed by atoms with Gasteiger partial charge in [-0.15, -0.1) is 0 Å². The quantitative estimate of drug-likeness (QED) is 0.391. The SMILES string of the molecule is Cc1ccc(/C=C/C(=O)NC(=S)Nc2ccc(NC(=O)c3ccccc3)c(C)c2)cc1. The van der Waals surface area contributed by atoms with Crippen molar-refractivity contribution in [2.75, 3.05) is 10.6 Å². The topological polar surface area (TPSA) is 70.2 Å². The maximum Gasteiger partial charge on any atom is 0.255 e. The number of benzene rings is 3. The molecule has 156 valence electrons. The number of aryl methyl sites for hydroxylation is 2. The van der Waals surface area contributed by atoms with Gasteiger partial charge in [0.05, 0.1) is 0 Å². The maximum absolute atomic E-state index is 12.3. The van der Waals surface area contributed by atoms with E-state index in [0.29, 0.717) is 16.9 Å². The van der Waals surface area contributed by atoms with Crippen molar-refractivity contribution in [3.63, 3.8) is 0 Å². The van der Waals surface area contributed by atoms with E-state index in [2.05, 4.69) is 16.0 Å². The molecule has 3 rings (SSSR count). The molecule has 0 radical (unpaired) electrons. The molecule has 3 N–H and O–H groups in total. The molecule has 0 heterocycles. The van der Waals surface area contributed by atoms with Crippen molar-refractivity contribution in [1.29, 1.82) is 0 Å². The van der Waals surface area contributed by atoms with Crippen LogP contribution in [-0.4, -0.2) is 16.9 Å². The number of carbonyl (C=O) groups is 2. The van der Waals surface area contributed by atoms with Crippen LogP contribution >= 0.6 is 12.2 Å². The van der Waals surface area contributed by atoms with Crippen molar-refractivity contribution in [2.24, 2.45) is 0 Å².